The highest BCUT2D eigenvalue weighted by Crippen LogP contribution is 1.99. The lowest BCUT2D eigenvalue weighted by molar-refractivity contribution is 0.642. The number of pyridine rings is 1. The molecule has 0 radical (unpaired) electrons. The fraction of sp³-hybridized carbons (Fsp3) is 0.100. The Hall–Kier alpha value is -1.89. The molecule has 0 aliphatic rings. The standard InChI is InChI=1S/C10H9BrN4O2/c11-8-6-15(12)10(17)14(9(8)16)5-7-3-1-2-4-13-7/h1-4,6H,5,12H2. The summed E-state index contributed by atoms with van der Waals surface area (Å²) in [5.74, 6) is 5.44. The van der Waals surface area contributed by atoms with E-state index < -0.39 is 11.2 Å². The predicted octanol–water partition coefficient (Wildman–Crippen LogP) is -0.0704. The molecule has 0 spiro atoms. The van der Waals surface area contributed by atoms with Crippen LogP contribution in [0, 0.1) is 0 Å². The number of nitrogens with zero attached hydrogens (tertiary/aromatic N) is 3. The minimum absolute atomic E-state index is 0.0924. The number of aromatic nitrogens is 3. The van der Waals surface area contributed by atoms with Crippen molar-refractivity contribution >= 4 is 15.9 Å². The molecule has 0 fully saturated rings. The summed E-state index contributed by atoms with van der Waals surface area (Å²) in [6.45, 7) is 0.0924. The average Bonchev–Trinajstić information content (AvgIpc) is 2.33. The molecule has 2 rings (SSSR count). The molecule has 17 heavy (non-hydrogen) atoms. The second-order valence-corrected chi connectivity index (χ2v) is 4.23. The lowest BCUT2D eigenvalue weighted by Gasteiger charge is -2.06. The Labute approximate surface area is 104 Å². The molecule has 2 aromatic rings. The van der Waals surface area contributed by atoms with E-state index in [4.69, 9.17) is 5.84 Å². The first-order valence-electron chi connectivity index (χ1n) is 4.76. The van der Waals surface area contributed by atoms with Crippen LogP contribution in [0.25, 0.3) is 0 Å². The third-order valence-electron chi connectivity index (χ3n) is 2.20. The number of halogens is 1. The highest BCUT2D eigenvalue weighted by atomic mass is 79.9. The molecule has 0 aliphatic heterocycles. The molecular formula is C10H9BrN4O2. The van der Waals surface area contributed by atoms with Gasteiger partial charge in [0.15, 0.2) is 0 Å². The van der Waals surface area contributed by atoms with Crippen molar-refractivity contribution in [2.45, 2.75) is 6.54 Å². The number of nitrogen functional groups attached to an aromatic ring is 1. The third kappa shape index (κ3) is 2.28. The molecule has 0 unspecified atom stereocenters. The zero-order chi connectivity index (χ0) is 12.4. The first-order valence-corrected chi connectivity index (χ1v) is 5.56. The van der Waals surface area contributed by atoms with Crippen LogP contribution in [0.2, 0.25) is 0 Å². The summed E-state index contributed by atoms with van der Waals surface area (Å²) < 4.78 is 2.11. The van der Waals surface area contributed by atoms with Crippen LogP contribution in [0.3, 0.4) is 0 Å². The van der Waals surface area contributed by atoms with Crippen LogP contribution in [-0.2, 0) is 6.54 Å². The van der Waals surface area contributed by atoms with E-state index in [0.717, 1.165) is 9.24 Å². The van der Waals surface area contributed by atoms with E-state index in [1.54, 1.807) is 24.4 Å². The number of hydrogen-bond acceptors (Lipinski definition) is 4. The molecule has 0 saturated heterocycles. The third-order valence-corrected chi connectivity index (χ3v) is 2.74. The monoisotopic (exact) mass is 296 g/mol. The van der Waals surface area contributed by atoms with E-state index in [2.05, 4.69) is 20.9 Å². The van der Waals surface area contributed by atoms with Gasteiger partial charge in [-0.05, 0) is 28.1 Å². The van der Waals surface area contributed by atoms with Gasteiger partial charge < -0.3 is 5.84 Å². The van der Waals surface area contributed by atoms with Crippen molar-refractivity contribution in [1.29, 1.82) is 0 Å². The normalized spacial score (nSPS) is 10.4. The Kier molecular flexibility index (Phi) is 3.10. The topological polar surface area (TPSA) is 82.9 Å². The fourth-order valence-corrected chi connectivity index (χ4v) is 1.82. The zero-order valence-corrected chi connectivity index (χ0v) is 10.3. The van der Waals surface area contributed by atoms with Crippen LogP contribution in [0.1, 0.15) is 5.69 Å². The van der Waals surface area contributed by atoms with Crippen LogP contribution in [0.5, 0.6) is 0 Å². The van der Waals surface area contributed by atoms with Gasteiger partial charge in [-0.1, -0.05) is 6.07 Å². The van der Waals surface area contributed by atoms with Crippen molar-refractivity contribution in [3.63, 3.8) is 0 Å². The minimum atomic E-state index is -0.580. The Morgan fingerprint density at radius 2 is 2.12 bits per heavy atom. The Balaban J connectivity index is 2.54. The molecule has 0 bridgehead atoms. The van der Waals surface area contributed by atoms with Gasteiger partial charge in [-0.15, -0.1) is 0 Å². The Morgan fingerprint density at radius 1 is 1.35 bits per heavy atom. The van der Waals surface area contributed by atoms with Crippen LogP contribution >= 0.6 is 15.9 Å². The molecule has 2 N–H and O–H groups in total. The van der Waals surface area contributed by atoms with Crippen molar-refractivity contribution in [3.05, 3.63) is 61.6 Å². The lowest BCUT2D eigenvalue weighted by atomic mass is 10.3. The SMILES string of the molecule is Nn1cc(Br)c(=O)n(Cc2ccccn2)c1=O. The second kappa shape index (κ2) is 4.54. The van der Waals surface area contributed by atoms with Gasteiger partial charge in [0, 0.05) is 6.20 Å². The van der Waals surface area contributed by atoms with E-state index in [-0.39, 0.29) is 11.0 Å². The van der Waals surface area contributed by atoms with Crippen molar-refractivity contribution in [2.75, 3.05) is 5.84 Å². The molecule has 0 atom stereocenters. The molecule has 6 nitrogen and oxygen atoms in total. The minimum Gasteiger partial charge on any atom is -0.335 e. The highest BCUT2D eigenvalue weighted by Gasteiger charge is 2.08. The predicted molar refractivity (Wildman–Crippen MR) is 66.2 cm³/mol. The first kappa shape index (κ1) is 11.6. The van der Waals surface area contributed by atoms with Gasteiger partial charge in [0.25, 0.3) is 5.56 Å². The van der Waals surface area contributed by atoms with Crippen LogP contribution < -0.4 is 17.1 Å². The van der Waals surface area contributed by atoms with E-state index in [1.165, 1.54) is 6.20 Å². The van der Waals surface area contributed by atoms with E-state index >= 15 is 0 Å². The molecule has 2 heterocycles. The molecule has 0 amide bonds. The van der Waals surface area contributed by atoms with Gasteiger partial charge in [0.05, 0.1) is 18.4 Å². The van der Waals surface area contributed by atoms with Gasteiger partial charge in [0.2, 0.25) is 0 Å². The van der Waals surface area contributed by atoms with Gasteiger partial charge in [0.1, 0.15) is 4.47 Å². The number of nitrogens with two attached hydrogens (primary N) is 1. The molecule has 88 valence electrons. The number of rotatable bonds is 2. The van der Waals surface area contributed by atoms with Gasteiger partial charge in [-0.25, -0.2) is 9.47 Å². The maximum absolute atomic E-state index is 11.8. The van der Waals surface area contributed by atoms with Crippen molar-refractivity contribution in [2.24, 2.45) is 0 Å². The summed E-state index contributed by atoms with van der Waals surface area (Å²) >= 11 is 3.05. The highest BCUT2D eigenvalue weighted by molar-refractivity contribution is 9.10. The smallest absolute Gasteiger partial charge is 0.335 e. The molecule has 0 saturated carbocycles. The van der Waals surface area contributed by atoms with Crippen LogP contribution in [-0.4, -0.2) is 14.2 Å². The van der Waals surface area contributed by atoms with E-state index in [1.807, 2.05) is 0 Å². The Bertz CT molecular complexity index is 613. The maximum Gasteiger partial charge on any atom is 0.349 e. The fourth-order valence-electron chi connectivity index (χ4n) is 1.38. The molecule has 7 heteroatoms. The van der Waals surface area contributed by atoms with Crippen molar-refractivity contribution in [1.82, 2.24) is 14.2 Å². The molecule has 0 aliphatic carbocycles. The number of hydrogen-bond donors (Lipinski definition) is 1. The van der Waals surface area contributed by atoms with Gasteiger partial charge >= 0.3 is 5.69 Å². The van der Waals surface area contributed by atoms with Crippen molar-refractivity contribution < 1.29 is 0 Å². The largest absolute Gasteiger partial charge is 0.349 e. The van der Waals surface area contributed by atoms with Crippen molar-refractivity contribution in [3.8, 4) is 0 Å². The van der Waals surface area contributed by atoms with Crippen LogP contribution in [0.4, 0.5) is 0 Å². The zero-order valence-electron chi connectivity index (χ0n) is 8.71. The molecule has 2 aromatic heterocycles. The first-order chi connectivity index (χ1) is 8.09. The maximum atomic E-state index is 11.8. The van der Waals surface area contributed by atoms with E-state index in [9.17, 15) is 9.59 Å². The second-order valence-electron chi connectivity index (χ2n) is 3.38. The summed E-state index contributed by atoms with van der Waals surface area (Å²) in [6, 6.07) is 5.27. The van der Waals surface area contributed by atoms with Crippen LogP contribution in [0.15, 0.2) is 44.7 Å². The molecular weight excluding hydrogens is 288 g/mol. The Morgan fingerprint density at radius 3 is 2.76 bits per heavy atom. The summed E-state index contributed by atoms with van der Waals surface area (Å²) in [5, 5.41) is 0. The molecule has 0 aromatic carbocycles. The lowest BCUT2D eigenvalue weighted by Crippen LogP contribution is -2.43. The van der Waals surface area contributed by atoms with E-state index in [0.29, 0.717) is 5.69 Å². The average molecular weight is 297 g/mol. The summed E-state index contributed by atoms with van der Waals surface area (Å²) in [6.07, 6.45) is 2.83. The summed E-state index contributed by atoms with van der Waals surface area (Å²) in [5.41, 5.74) is -0.393. The van der Waals surface area contributed by atoms with Gasteiger partial charge in [-0.2, -0.15) is 0 Å². The van der Waals surface area contributed by atoms with Gasteiger partial charge in [-0.3, -0.25) is 14.3 Å². The summed E-state index contributed by atoms with van der Waals surface area (Å²) in [7, 11) is 0. The quantitative estimate of drug-likeness (QED) is 0.787. The summed E-state index contributed by atoms with van der Waals surface area (Å²) in [4.78, 5) is 27.5.